The molecule has 6 nitrogen and oxygen atoms in total. The van der Waals surface area contributed by atoms with Crippen LogP contribution in [-0.4, -0.2) is 28.8 Å². The summed E-state index contributed by atoms with van der Waals surface area (Å²) in [5.74, 6) is 0.522. The van der Waals surface area contributed by atoms with Crippen LogP contribution < -0.4 is 15.8 Å². The topological polar surface area (TPSA) is 67.2 Å². The number of aryl methyl sites for hydroxylation is 1. The Hall–Kier alpha value is -3.12. The molecule has 0 saturated carbocycles. The van der Waals surface area contributed by atoms with Gasteiger partial charge in [0.25, 0.3) is 5.56 Å². The van der Waals surface area contributed by atoms with Crippen molar-refractivity contribution in [3.05, 3.63) is 81.6 Å². The van der Waals surface area contributed by atoms with Gasteiger partial charge in [-0.3, -0.25) is 9.59 Å². The molecule has 31 heavy (non-hydrogen) atoms. The molecule has 160 valence electrons. The van der Waals surface area contributed by atoms with Gasteiger partial charge in [0.15, 0.2) is 0 Å². The Morgan fingerprint density at radius 1 is 1.10 bits per heavy atom. The van der Waals surface area contributed by atoms with Gasteiger partial charge >= 0.3 is 0 Å². The van der Waals surface area contributed by atoms with Crippen LogP contribution in [-0.2, 0) is 11.2 Å². The number of nitrogens with one attached hydrogen (secondary N) is 1. The lowest BCUT2D eigenvalue weighted by atomic mass is 9.97. The van der Waals surface area contributed by atoms with Gasteiger partial charge in [0.05, 0.1) is 11.6 Å². The Kier molecular flexibility index (Phi) is 6.37. The van der Waals surface area contributed by atoms with Gasteiger partial charge in [0, 0.05) is 29.9 Å². The molecule has 1 N–H and O–H groups in total. The molecule has 0 aliphatic carbocycles. The Balaban J connectivity index is 1.50. The Labute approximate surface area is 186 Å². The summed E-state index contributed by atoms with van der Waals surface area (Å²) in [6.45, 7) is 3.44. The van der Waals surface area contributed by atoms with Crippen LogP contribution in [0.4, 0.5) is 11.5 Å². The summed E-state index contributed by atoms with van der Waals surface area (Å²) >= 11 is 5.92. The van der Waals surface area contributed by atoms with Crippen LogP contribution in [0.25, 0.3) is 5.69 Å². The van der Waals surface area contributed by atoms with Crippen LogP contribution in [0.2, 0.25) is 5.02 Å². The predicted molar refractivity (Wildman–Crippen MR) is 124 cm³/mol. The van der Waals surface area contributed by atoms with Crippen LogP contribution in [0.3, 0.4) is 0 Å². The Morgan fingerprint density at radius 2 is 1.84 bits per heavy atom. The van der Waals surface area contributed by atoms with E-state index in [4.69, 9.17) is 11.6 Å². The molecule has 1 aliphatic rings. The van der Waals surface area contributed by atoms with E-state index in [1.165, 1.54) is 16.3 Å². The standard InChI is InChI=1S/C24H25ClN4O2/c1-2-17-5-11-21(12-6-17)29-23(30)14-13-22(27-29)28-15-3-4-18(16-28)24(31)26-20-9-7-19(25)8-10-20/h5-14,18H,2-4,15-16H2,1H3,(H,26,31)/t18-/m1/s1. The van der Waals surface area contributed by atoms with Crippen molar-refractivity contribution in [2.45, 2.75) is 26.2 Å². The number of carbonyl (C=O) groups is 1. The SMILES string of the molecule is CCc1ccc(-n2nc(N3CCC[C@@H](C(=O)Nc4ccc(Cl)cc4)C3)ccc2=O)cc1. The fourth-order valence-corrected chi connectivity index (χ4v) is 3.93. The summed E-state index contributed by atoms with van der Waals surface area (Å²) in [6.07, 6.45) is 2.63. The zero-order valence-corrected chi connectivity index (χ0v) is 18.2. The van der Waals surface area contributed by atoms with E-state index in [0.29, 0.717) is 17.4 Å². The zero-order valence-electron chi connectivity index (χ0n) is 17.4. The van der Waals surface area contributed by atoms with Crippen molar-refractivity contribution >= 4 is 29.0 Å². The van der Waals surface area contributed by atoms with Gasteiger partial charge in [-0.2, -0.15) is 4.68 Å². The van der Waals surface area contributed by atoms with Crippen molar-refractivity contribution in [1.29, 1.82) is 0 Å². The third-order valence-corrected chi connectivity index (χ3v) is 5.86. The molecule has 1 aromatic heterocycles. The molecule has 4 rings (SSSR count). The smallest absolute Gasteiger partial charge is 0.271 e. The third-order valence-electron chi connectivity index (χ3n) is 5.60. The highest BCUT2D eigenvalue weighted by molar-refractivity contribution is 6.30. The zero-order chi connectivity index (χ0) is 21.8. The maximum Gasteiger partial charge on any atom is 0.271 e. The fourth-order valence-electron chi connectivity index (χ4n) is 3.80. The van der Waals surface area contributed by atoms with Crippen LogP contribution in [0, 0.1) is 5.92 Å². The summed E-state index contributed by atoms with van der Waals surface area (Å²) in [6, 6.07) is 18.2. The van der Waals surface area contributed by atoms with E-state index in [-0.39, 0.29) is 17.4 Å². The number of benzene rings is 2. The molecule has 0 radical (unpaired) electrons. The average molecular weight is 437 g/mol. The van der Waals surface area contributed by atoms with Gasteiger partial charge in [-0.1, -0.05) is 30.7 Å². The first-order valence-electron chi connectivity index (χ1n) is 10.5. The maximum atomic E-state index is 12.8. The first kappa shape index (κ1) is 21.1. The molecule has 1 aliphatic heterocycles. The molecular weight excluding hydrogens is 412 g/mol. The molecule has 1 fully saturated rings. The number of amides is 1. The van der Waals surface area contributed by atoms with Gasteiger partial charge in [-0.25, -0.2) is 0 Å². The van der Waals surface area contributed by atoms with E-state index < -0.39 is 0 Å². The number of nitrogens with zero attached hydrogens (tertiary/aromatic N) is 3. The Bertz CT molecular complexity index is 1110. The minimum absolute atomic E-state index is 0.0181. The van der Waals surface area contributed by atoms with E-state index in [1.54, 1.807) is 30.3 Å². The largest absolute Gasteiger partial charge is 0.354 e. The van der Waals surface area contributed by atoms with E-state index in [1.807, 2.05) is 24.3 Å². The molecule has 0 bridgehead atoms. The maximum absolute atomic E-state index is 12.8. The van der Waals surface area contributed by atoms with Gasteiger partial charge in [-0.15, -0.1) is 5.10 Å². The molecule has 2 heterocycles. The minimum Gasteiger partial charge on any atom is -0.354 e. The number of piperidine rings is 1. The van der Waals surface area contributed by atoms with Crippen LogP contribution in [0.15, 0.2) is 65.5 Å². The lowest BCUT2D eigenvalue weighted by Gasteiger charge is -2.32. The monoisotopic (exact) mass is 436 g/mol. The highest BCUT2D eigenvalue weighted by Gasteiger charge is 2.27. The van der Waals surface area contributed by atoms with E-state index in [0.717, 1.165) is 37.2 Å². The average Bonchev–Trinajstić information content (AvgIpc) is 2.81. The molecule has 2 aromatic carbocycles. The number of halogens is 1. The predicted octanol–water partition coefficient (Wildman–Crippen LogP) is 4.30. The van der Waals surface area contributed by atoms with Crippen molar-refractivity contribution < 1.29 is 4.79 Å². The molecule has 1 atom stereocenters. The second-order valence-electron chi connectivity index (χ2n) is 7.74. The molecule has 0 spiro atoms. The van der Waals surface area contributed by atoms with Crippen molar-refractivity contribution in [1.82, 2.24) is 9.78 Å². The molecule has 1 amide bonds. The molecule has 7 heteroatoms. The summed E-state index contributed by atoms with van der Waals surface area (Å²) in [5.41, 5.74) is 2.49. The van der Waals surface area contributed by atoms with Gasteiger partial charge in [0.1, 0.15) is 5.82 Å². The second-order valence-corrected chi connectivity index (χ2v) is 8.18. The number of aromatic nitrogens is 2. The number of hydrogen-bond donors (Lipinski definition) is 1. The lowest BCUT2D eigenvalue weighted by molar-refractivity contribution is -0.120. The Morgan fingerprint density at radius 3 is 2.55 bits per heavy atom. The summed E-state index contributed by atoms with van der Waals surface area (Å²) in [7, 11) is 0. The highest BCUT2D eigenvalue weighted by atomic mass is 35.5. The molecule has 1 saturated heterocycles. The van der Waals surface area contributed by atoms with Crippen LogP contribution >= 0.6 is 11.6 Å². The number of hydrogen-bond acceptors (Lipinski definition) is 4. The van der Waals surface area contributed by atoms with Crippen molar-refractivity contribution in [3.8, 4) is 5.69 Å². The number of anilines is 2. The summed E-state index contributed by atoms with van der Waals surface area (Å²) in [4.78, 5) is 27.3. The van der Waals surface area contributed by atoms with E-state index in [2.05, 4.69) is 22.2 Å². The summed E-state index contributed by atoms with van der Waals surface area (Å²) in [5, 5.41) is 8.19. The lowest BCUT2D eigenvalue weighted by Crippen LogP contribution is -2.41. The fraction of sp³-hybridized carbons (Fsp3) is 0.292. The van der Waals surface area contributed by atoms with E-state index in [9.17, 15) is 9.59 Å². The van der Waals surface area contributed by atoms with Gasteiger partial charge in [-0.05, 0) is 67.3 Å². The van der Waals surface area contributed by atoms with Gasteiger partial charge < -0.3 is 10.2 Å². The first-order chi connectivity index (χ1) is 15.0. The van der Waals surface area contributed by atoms with Crippen molar-refractivity contribution in [2.24, 2.45) is 5.92 Å². The first-order valence-corrected chi connectivity index (χ1v) is 10.9. The normalized spacial score (nSPS) is 16.2. The van der Waals surface area contributed by atoms with Crippen molar-refractivity contribution in [3.63, 3.8) is 0 Å². The van der Waals surface area contributed by atoms with Gasteiger partial charge in [0.2, 0.25) is 5.91 Å². The quantitative estimate of drug-likeness (QED) is 0.647. The van der Waals surface area contributed by atoms with Crippen LogP contribution in [0.5, 0.6) is 0 Å². The highest BCUT2D eigenvalue weighted by Crippen LogP contribution is 2.23. The van der Waals surface area contributed by atoms with E-state index >= 15 is 0 Å². The molecule has 3 aromatic rings. The van der Waals surface area contributed by atoms with Crippen molar-refractivity contribution in [2.75, 3.05) is 23.3 Å². The number of rotatable bonds is 5. The minimum atomic E-state index is -0.179. The second kappa shape index (κ2) is 9.35. The summed E-state index contributed by atoms with van der Waals surface area (Å²) < 4.78 is 1.42. The molecular formula is C24H25ClN4O2. The van der Waals surface area contributed by atoms with Crippen LogP contribution in [0.1, 0.15) is 25.3 Å². The molecule has 0 unspecified atom stereocenters. The third kappa shape index (κ3) is 4.97. The number of carbonyl (C=O) groups excluding carboxylic acids is 1.